The SMILES string of the molecule is CN(CCN)Cc1ccc(Br)c(F)c1. The first-order valence-corrected chi connectivity index (χ1v) is 5.25. The number of benzene rings is 1. The van der Waals surface area contributed by atoms with Crippen molar-refractivity contribution in [3.8, 4) is 0 Å². The van der Waals surface area contributed by atoms with Crippen LogP contribution in [0.25, 0.3) is 0 Å². The maximum absolute atomic E-state index is 13.1. The van der Waals surface area contributed by atoms with Gasteiger partial charge in [0.2, 0.25) is 0 Å². The van der Waals surface area contributed by atoms with Crippen molar-refractivity contribution in [2.45, 2.75) is 6.54 Å². The van der Waals surface area contributed by atoms with Gasteiger partial charge in [0.15, 0.2) is 0 Å². The average Bonchev–Trinajstić information content (AvgIpc) is 2.12. The molecule has 0 unspecified atom stereocenters. The summed E-state index contributed by atoms with van der Waals surface area (Å²) in [5, 5.41) is 0. The lowest BCUT2D eigenvalue weighted by atomic mass is 10.2. The maximum Gasteiger partial charge on any atom is 0.137 e. The minimum atomic E-state index is -0.219. The molecule has 0 radical (unpaired) electrons. The van der Waals surface area contributed by atoms with E-state index in [-0.39, 0.29) is 5.82 Å². The van der Waals surface area contributed by atoms with Crippen molar-refractivity contribution in [3.05, 3.63) is 34.1 Å². The second-order valence-corrected chi connectivity index (χ2v) is 4.13. The highest BCUT2D eigenvalue weighted by Gasteiger charge is 2.03. The molecule has 0 atom stereocenters. The largest absolute Gasteiger partial charge is 0.329 e. The Morgan fingerprint density at radius 2 is 2.21 bits per heavy atom. The van der Waals surface area contributed by atoms with Gasteiger partial charge in [-0.2, -0.15) is 0 Å². The van der Waals surface area contributed by atoms with Gasteiger partial charge in [-0.1, -0.05) is 6.07 Å². The Kier molecular flexibility index (Phi) is 4.51. The Labute approximate surface area is 92.0 Å². The number of halogens is 2. The third-order valence-corrected chi connectivity index (χ3v) is 2.59. The highest BCUT2D eigenvalue weighted by atomic mass is 79.9. The molecule has 0 aliphatic carbocycles. The van der Waals surface area contributed by atoms with Crippen LogP contribution in [-0.4, -0.2) is 25.0 Å². The lowest BCUT2D eigenvalue weighted by Crippen LogP contribution is -2.24. The first kappa shape index (κ1) is 11.6. The van der Waals surface area contributed by atoms with E-state index in [1.54, 1.807) is 6.07 Å². The summed E-state index contributed by atoms with van der Waals surface area (Å²) in [6, 6.07) is 5.16. The molecule has 0 spiro atoms. The quantitative estimate of drug-likeness (QED) is 0.898. The summed E-state index contributed by atoms with van der Waals surface area (Å²) in [5.74, 6) is -0.219. The number of nitrogens with zero attached hydrogens (tertiary/aromatic N) is 1. The summed E-state index contributed by atoms with van der Waals surface area (Å²) < 4.78 is 13.6. The van der Waals surface area contributed by atoms with Gasteiger partial charge in [0, 0.05) is 19.6 Å². The molecule has 0 aromatic heterocycles. The highest BCUT2D eigenvalue weighted by Crippen LogP contribution is 2.16. The van der Waals surface area contributed by atoms with E-state index >= 15 is 0 Å². The summed E-state index contributed by atoms with van der Waals surface area (Å²) >= 11 is 3.12. The fourth-order valence-electron chi connectivity index (χ4n) is 1.25. The molecule has 0 bridgehead atoms. The summed E-state index contributed by atoms with van der Waals surface area (Å²) in [5.41, 5.74) is 6.37. The van der Waals surface area contributed by atoms with E-state index in [0.717, 1.165) is 18.7 Å². The molecule has 78 valence electrons. The lowest BCUT2D eigenvalue weighted by Gasteiger charge is -2.15. The lowest BCUT2D eigenvalue weighted by molar-refractivity contribution is 0.335. The molecule has 0 heterocycles. The minimum Gasteiger partial charge on any atom is -0.329 e. The second-order valence-electron chi connectivity index (χ2n) is 3.27. The Morgan fingerprint density at radius 1 is 1.50 bits per heavy atom. The van der Waals surface area contributed by atoms with Gasteiger partial charge >= 0.3 is 0 Å². The molecule has 0 amide bonds. The summed E-state index contributed by atoms with van der Waals surface area (Å²) in [7, 11) is 1.97. The third kappa shape index (κ3) is 3.36. The van der Waals surface area contributed by atoms with Gasteiger partial charge in [-0.3, -0.25) is 0 Å². The Balaban J connectivity index is 2.63. The van der Waals surface area contributed by atoms with Crippen LogP contribution in [0.1, 0.15) is 5.56 Å². The van der Waals surface area contributed by atoms with Crippen LogP contribution in [-0.2, 0) is 6.54 Å². The van der Waals surface area contributed by atoms with Gasteiger partial charge in [0.1, 0.15) is 5.82 Å². The van der Waals surface area contributed by atoms with E-state index in [2.05, 4.69) is 20.8 Å². The Morgan fingerprint density at radius 3 is 2.79 bits per heavy atom. The van der Waals surface area contributed by atoms with Crippen molar-refractivity contribution in [1.29, 1.82) is 0 Å². The molecule has 2 N–H and O–H groups in total. The maximum atomic E-state index is 13.1. The van der Waals surface area contributed by atoms with E-state index in [1.165, 1.54) is 6.07 Å². The molecule has 2 nitrogen and oxygen atoms in total. The van der Waals surface area contributed by atoms with Gasteiger partial charge in [-0.25, -0.2) is 4.39 Å². The minimum absolute atomic E-state index is 0.219. The van der Waals surface area contributed by atoms with Crippen molar-refractivity contribution in [2.75, 3.05) is 20.1 Å². The fourth-order valence-corrected chi connectivity index (χ4v) is 1.50. The summed E-state index contributed by atoms with van der Waals surface area (Å²) in [4.78, 5) is 2.06. The Hall–Kier alpha value is -0.450. The normalized spacial score (nSPS) is 10.9. The van der Waals surface area contributed by atoms with E-state index in [4.69, 9.17) is 5.73 Å². The van der Waals surface area contributed by atoms with Crippen LogP contribution >= 0.6 is 15.9 Å². The van der Waals surface area contributed by atoms with E-state index in [9.17, 15) is 4.39 Å². The summed E-state index contributed by atoms with van der Waals surface area (Å²) in [6.07, 6.45) is 0. The predicted molar refractivity (Wildman–Crippen MR) is 59.5 cm³/mol. The standard InChI is InChI=1S/C10H14BrFN2/c1-14(5-4-13)7-8-2-3-9(11)10(12)6-8/h2-3,6H,4-5,7,13H2,1H3. The summed E-state index contributed by atoms with van der Waals surface area (Å²) in [6.45, 7) is 2.16. The number of rotatable bonds is 4. The molecule has 0 saturated heterocycles. The van der Waals surface area contributed by atoms with Crippen molar-refractivity contribution in [3.63, 3.8) is 0 Å². The van der Waals surface area contributed by atoms with Crippen LogP contribution in [0.3, 0.4) is 0 Å². The van der Waals surface area contributed by atoms with Crippen LogP contribution in [0, 0.1) is 5.82 Å². The molecule has 0 fully saturated rings. The van der Waals surface area contributed by atoms with Crippen LogP contribution in [0.15, 0.2) is 22.7 Å². The van der Waals surface area contributed by atoms with Crippen LogP contribution < -0.4 is 5.73 Å². The molecule has 1 aromatic carbocycles. The molecular formula is C10H14BrFN2. The number of nitrogens with two attached hydrogens (primary N) is 1. The highest BCUT2D eigenvalue weighted by molar-refractivity contribution is 9.10. The van der Waals surface area contributed by atoms with Gasteiger partial charge in [0.05, 0.1) is 4.47 Å². The first-order valence-electron chi connectivity index (χ1n) is 4.46. The van der Waals surface area contributed by atoms with Gasteiger partial charge < -0.3 is 10.6 Å². The smallest absolute Gasteiger partial charge is 0.137 e. The number of likely N-dealkylation sites (N-methyl/N-ethyl adjacent to an activating group) is 1. The topological polar surface area (TPSA) is 29.3 Å². The second kappa shape index (κ2) is 5.44. The molecule has 0 aliphatic rings. The molecule has 14 heavy (non-hydrogen) atoms. The van der Waals surface area contributed by atoms with Crippen LogP contribution in [0.4, 0.5) is 4.39 Å². The monoisotopic (exact) mass is 260 g/mol. The van der Waals surface area contributed by atoms with Crippen molar-refractivity contribution >= 4 is 15.9 Å². The Bertz CT molecular complexity index is 304. The van der Waals surface area contributed by atoms with Crippen LogP contribution in [0.2, 0.25) is 0 Å². The van der Waals surface area contributed by atoms with E-state index in [0.29, 0.717) is 11.0 Å². The van der Waals surface area contributed by atoms with E-state index in [1.807, 2.05) is 13.1 Å². The van der Waals surface area contributed by atoms with Crippen LogP contribution in [0.5, 0.6) is 0 Å². The molecule has 1 aromatic rings. The zero-order chi connectivity index (χ0) is 10.6. The van der Waals surface area contributed by atoms with Crippen molar-refractivity contribution < 1.29 is 4.39 Å². The molecule has 0 saturated carbocycles. The molecule has 4 heteroatoms. The zero-order valence-electron chi connectivity index (χ0n) is 8.13. The first-order chi connectivity index (χ1) is 6.63. The average molecular weight is 261 g/mol. The predicted octanol–water partition coefficient (Wildman–Crippen LogP) is 1.98. The molecule has 0 aliphatic heterocycles. The molecule has 1 rings (SSSR count). The molecular weight excluding hydrogens is 247 g/mol. The van der Waals surface area contributed by atoms with Crippen molar-refractivity contribution in [1.82, 2.24) is 4.90 Å². The number of hydrogen-bond donors (Lipinski definition) is 1. The van der Waals surface area contributed by atoms with Gasteiger partial charge in [-0.05, 0) is 40.7 Å². The third-order valence-electron chi connectivity index (χ3n) is 1.95. The van der Waals surface area contributed by atoms with Crippen molar-refractivity contribution in [2.24, 2.45) is 5.73 Å². The zero-order valence-corrected chi connectivity index (χ0v) is 9.72. The van der Waals surface area contributed by atoms with Gasteiger partial charge in [0.25, 0.3) is 0 Å². The number of hydrogen-bond acceptors (Lipinski definition) is 2. The fraction of sp³-hybridized carbons (Fsp3) is 0.400. The van der Waals surface area contributed by atoms with E-state index < -0.39 is 0 Å². The van der Waals surface area contributed by atoms with Gasteiger partial charge in [-0.15, -0.1) is 0 Å².